The van der Waals surface area contributed by atoms with E-state index in [0.717, 1.165) is 25.2 Å². The van der Waals surface area contributed by atoms with Crippen molar-refractivity contribution in [3.05, 3.63) is 35.4 Å². The second-order valence-electron chi connectivity index (χ2n) is 6.46. The van der Waals surface area contributed by atoms with Crippen LogP contribution in [0.2, 0.25) is 0 Å². The quantitative estimate of drug-likeness (QED) is 0.617. The van der Waals surface area contributed by atoms with Gasteiger partial charge in [-0.1, -0.05) is 30.7 Å². The molecule has 2 saturated carbocycles. The van der Waals surface area contributed by atoms with Crippen LogP contribution in [-0.4, -0.2) is 12.7 Å². The molecule has 2 aliphatic carbocycles. The van der Waals surface area contributed by atoms with Gasteiger partial charge in [-0.3, -0.25) is 11.3 Å². The van der Waals surface area contributed by atoms with E-state index in [9.17, 15) is 0 Å². The molecule has 3 N–H and O–H groups in total. The predicted molar refractivity (Wildman–Crippen MR) is 81.3 cm³/mol. The minimum absolute atomic E-state index is 0.0453. The highest BCUT2D eigenvalue weighted by Crippen LogP contribution is 2.42. The van der Waals surface area contributed by atoms with Gasteiger partial charge in [-0.25, -0.2) is 0 Å². The van der Waals surface area contributed by atoms with Crippen LogP contribution in [0.4, 0.5) is 0 Å². The Labute approximate surface area is 121 Å². The smallest absolute Gasteiger partial charge is 0.0697 e. The van der Waals surface area contributed by atoms with Crippen LogP contribution < -0.4 is 11.3 Å². The predicted octanol–water partition coefficient (Wildman–Crippen LogP) is 3.42. The maximum absolute atomic E-state index is 5.78. The first-order chi connectivity index (χ1) is 9.76. The molecule has 0 spiro atoms. The average molecular weight is 274 g/mol. The lowest BCUT2D eigenvalue weighted by Gasteiger charge is -2.42. The molecule has 0 heterocycles. The average Bonchev–Trinajstić information content (AvgIpc) is 2.38. The second-order valence-corrected chi connectivity index (χ2v) is 6.46. The zero-order valence-electron chi connectivity index (χ0n) is 12.4. The van der Waals surface area contributed by atoms with Gasteiger partial charge >= 0.3 is 0 Å². The lowest BCUT2D eigenvalue weighted by Crippen LogP contribution is -2.44. The van der Waals surface area contributed by atoms with Gasteiger partial charge in [-0.05, 0) is 55.6 Å². The third-order valence-electron chi connectivity index (χ3n) is 5.39. The Hall–Kier alpha value is -0.900. The standard InChI is InChI=1S/C17H26N2O/c1-20-17(10-3-11-17)12-16(19-18)15-8-6-14(7-9-15)13-4-2-5-13/h6-9,13,16,19H,2-5,10-12,18H2,1H3. The largest absolute Gasteiger partial charge is 0.378 e. The van der Waals surface area contributed by atoms with Crippen LogP contribution >= 0.6 is 0 Å². The van der Waals surface area contributed by atoms with E-state index < -0.39 is 0 Å². The molecule has 0 bridgehead atoms. The van der Waals surface area contributed by atoms with Crippen molar-refractivity contribution < 1.29 is 4.74 Å². The number of hydrazine groups is 1. The van der Waals surface area contributed by atoms with E-state index in [1.165, 1.54) is 36.8 Å². The maximum Gasteiger partial charge on any atom is 0.0697 e. The molecule has 2 aliphatic rings. The fraction of sp³-hybridized carbons (Fsp3) is 0.647. The minimum Gasteiger partial charge on any atom is -0.378 e. The number of rotatable bonds is 6. The normalized spacial score (nSPS) is 22.9. The van der Waals surface area contributed by atoms with Crippen LogP contribution in [-0.2, 0) is 4.74 Å². The van der Waals surface area contributed by atoms with Gasteiger partial charge in [0.2, 0.25) is 0 Å². The number of benzene rings is 1. The van der Waals surface area contributed by atoms with E-state index in [0.29, 0.717) is 0 Å². The molecule has 3 heteroatoms. The summed E-state index contributed by atoms with van der Waals surface area (Å²) in [5.41, 5.74) is 5.78. The highest BCUT2D eigenvalue weighted by atomic mass is 16.5. The molecule has 3 rings (SSSR count). The molecule has 2 fully saturated rings. The summed E-state index contributed by atoms with van der Waals surface area (Å²) in [5.74, 6) is 6.57. The molecule has 110 valence electrons. The van der Waals surface area contributed by atoms with Crippen molar-refractivity contribution in [2.75, 3.05) is 7.11 Å². The molecule has 0 aliphatic heterocycles. The first kappa shape index (κ1) is 14.1. The van der Waals surface area contributed by atoms with E-state index in [-0.39, 0.29) is 11.6 Å². The Kier molecular flexibility index (Phi) is 4.11. The number of methoxy groups -OCH3 is 1. The topological polar surface area (TPSA) is 47.3 Å². The van der Waals surface area contributed by atoms with Crippen molar-refractivity contribution in [1.82, 2.24) is 5.43 Å². The SMILES string of the molecule is COC1(CC(NN)c2ccc(C3CCC3)cc2)CCC1. The van der Waals surface area contributed by atoms with Crippen molar-refractivity contribution in [3.63, 3.8) is 0 Å². The number of hydrogen-bond donors (Lipinski definition) is 2. The van der Waals surface area contributed by atoms with Crippen LogP contribution in [0, 0.1) is 0 Å². The summed E-state index contributed by atoms with van der Waals surface area (Å²) < 4.78 is 5.72. The monoisotopic (exact) mass is 274 g/mol. The summed E-state index contributed by atoms with van der Waals surface area (Å²) in [4.78, 5) is 0. The third-order valence-corrected chi connectivity index (χ3v) is 5.39. The van der Waals surface area contributed by atoms with Crippen molar-refractivity contribution in [2.45, 2.75) is 62.5 Å². The molecule has 0 amide bonds. The number of nitrogens with two attached hydrogens (primary N) is 1. The first-order valence-corrected chi connectivity index (χ1v) is 7.87. The minimum atomic E-state index is 0.0453. The van der Waals surface area contributed by atoms with E-state index >= 15 is 0 Å². The van der Waals surface area contributed by atoms with Gasteiger partial charge in [0.25, 0.3) is 0 Å². The Morgan fingerprint density at radius 2 is 1.95 bits per heavy atom. The van der Waals surface area contributed by atoms with Crippen molar-refractivity contribution >= 4 is 0 Å². The van der Waals surface area contributed by atoms with E-state index in [2.05, 4.69) is 29.7 Å². The lowest BCUT2D eigenvalue weighted by atomic mass is 9.74. The maximum atomic E-state index is 5.78. The Morgan fingerprint density at radius 1 is 1.25 bits per heavy atom. The molecule has 1 aromatic rings. The van der Waals surface area contributed by atoms with E-state index in [1.807, 2.05) is 7.11 Å². The Balaban J connectivity index is 1.68. The lowest BCUT2D eigenvalue weighted by molar-refractivity contribution is -0.0838. The van der Waals surface area contributed by atoms with Crippen LogP contribution in [0.5, 0.6) is 0 Å². The van der Waals surface area contributed by atoms with Gasteiger partial charge in [0.1, 0.15) is 0 Å². The molecular weight excluding hydrogens is 248 g/mol. The number of ether oxygens (including phenoxy) is 1. The van der Waals surface area contributed by atoms with Gasteiger partial charge in [-0.15, -0.1) is 0 Å². The summed E-state index contributed by atoms with van der Waals surface area (Å²) in [6, 6.07) is 9.22. The number of hydrogen-bond acceptors (Lipinski definition) is 3. The van der Waals surface area contributed by atoms with Gasteiger partial charge in [0.05, 0.1) is 5.60 Å². The van der Waals surface area contributed by atoms with Gasteiger partial charge in [-0.2, -0.15) is 0 Å². The van der Waals surface area contributed by atoms with Gasteiger partial charge < -0.3 is 4.74 Å². The zero-order valence-corrected chi connectivity index (χ0v) is 12.4. The van der Waals surface area contributed by atoms with Crippen LogP contribution in [0.1, 0.15) is 68.0 Å². The molecule has 3 nitrogen and oxygen atoms in total. The molecule has 0 radical (unpaired) electrons. The van der Waals surface area contributed by atoms with Crippen molar-refractivity contribution in [3.8, 4) is 0 Å². The summed E-state index contributed by atoms with van der Waals surface area (Å²) in [6.07, 6.45) is 8.63. The highest BCUT2D eigenvalue weighted by molar-refractivity contribution is 5.28. The Morgan fingerprint density at radius 3 is 2.35 bits per heavy atom. The molecular formula is C17H26N2O. The van der Waals surface area contributed by atoms with Crippen LogP contribution in [0.25, 0.3) is 0 Å². The van der Waals surface area contributed by atoms with Crippen LogP contribution in [0.15, 0.2) is 24.3 Å². The summed E-state index contributed by atoms with van der Waals surface area (Å²) in [7, 11) is 1.83. The summed E-state index contributed by atoms with van der Waals surface area (Å²) in [5, 5.41) is 0. The molecule has 20 heavy (non-hydrogen) atoms. The second kappa shape index (κ2) is 5.84. The zero-order chi connectivity index (χ0) is 14.0. The fourth-order valence-electron chi connectivity index (χ4n) is 3.45. The summed E-state index contributed by atoms with van der Waals surface area (Å²) in [6.45, 7) is 0. The van der Waals surface area contributed by atoms with E-state index in [1.54, 1.807) is 0 Å². The van der Waals surface area contributed by atoms with Crippen LogP contribution in [0.3, 0.4) is 0 Å². The molecule has 1 atom stereocenters. The third kappa shape index (κ3) is 2.62. The number of nitrogens with one attached hydrogen (secondary N) is 1. The van der Waals surface area contributed by atoms with Crippen molar-refractivity contribution in [2.24, 2.45) is 5.84 Å². The summed E-state index contributed by atoms with van der Waals surface area (Å²) >= 11 is 0. The van der Waals surface area contributed by atoms with E-state index in [4.69, 9.17) is 10.6 Å². The van der Waals surface area contributed by atoms with Crippen molar-refractivity contribution in [1.29, 1.82) is 0 Å². The van der Waals surface area contributed by atoms with Gasteiger partial charge in [0.15, 0.2) is 0 Å². The first-order valence-electron chi connectivity index (χ1n) is 7.87. The molecule has 1 aromatic carbocycles. The molecule has 1 unspecified atom stereocenters. The molecule has 0 aromatic heterocycles. The molecule has 0 saturated heterocycles. The highest BCUT2D eigenvalue weighted by Gasteiger charge is 2.39. The Bertz CT molecular complexity index is 429. The van der Waals surface area contributed by atoms with Gasteiger partial charge in [0, 0.05) is 13.2 Å². The fourth-order valence-corrected chi connectivity index (χ4v) is 3.45.